The summed E-state index contributed by atoms with van der Waals surface area (Å²) in [5, 5.41) is 3.42. The number of benzene rings is 2. The van der Waals surface area contributed by atoms with E-state index in [2.05, 4.69) is 32.9 Å². The van der Waals surface area contributed by atoms with E-state index in [1.54, 1.807) is 42.5 Å². The van der Waals surface area contributed by atoms with Gasteiger partial charge in [-0.3, -0.25) is 9.52 Å². The molecular formula is C22H28BrN3O3S. The lowest BCUT2D eigenvalue weighted by atomic mass is 10.1. The lowest BCUT2D eigenvalue weighted by molar-refractivity contribution is 0.0682. The molecule has 6 nitrogen and oxygen atoms in total. The number of nitrogens with one attached hydrogen (secondary N) is 2. The maximum absolute atomic E-state index is 13.3. The van der Waals surface area contributed by atoms with Gasteiger partial charge in [0.2, 0.25) is 0 Å². The van der Waals surface area contributed by atoms with E-state index in [9.17, 15) is 13.2 Å². The fraction of sp³-hybridized carbons (Fsp3) is 0.409. The topological polar surface area (TPSA) is 78.5 Å². The molecule has 0 saturated carbocycles. The van der Waals surface area contributed by atoms with Gasteiger partial charge in [-0.2, -0.15) is 0 Å². The summed E-state index contributed by atoms with van der Waals surface area (Å²) in [5.41, 5.74) is 0.867. The molecule has 1 atom stereocenters. The third kappa shape index (κ3) is 5.83. The molecule has 2 N–H and O–H groups in total. The Morgan fingerprint density at radius 2 is 2.03 bits per heavy atom. The quantitative estimate of drug-likeness (QED) is 0.604. The van der Waals surface area contributed by atoms with Crippen LogP contribution in [0.15, 0.2) is 57.9 Å². The van der Waals surface area contributed by atoms with Crippen LogP contribution in [-0.4, -0.2) is 44.9 Å². The van der Waals surface area contributed by atoms with E-state index in [-0.39, 0.29) is 16.8 Å². The molecule has 1 aliphatic rings. The Labute approximate surface area is 187 Å². The summed E-state index contributed by atoms with van der Waals surface area (Å²) >= 11 is 3.30. The fourth-order valence-electron chi connectivity index (χ4n) is 3.63. The molecule has 162 valence electrons. The van der Waals surface area contributed by atoms with Crippen molar-refractivity contribution >= 4 is 37.5 Å². The molecule has 1 fully saturated rings. The van der Waals surface area contributed by atoms with E-state index in [1.807, 2.05) is 4.90 Å². The van der Waals surface area contributed by atoms with Crippen LogP contribution >= 0.6 is 15.9 Å². The number of hydrogen-bond donors (Lipinski definition) is 2. The van der Waals surface area contributed by atoms with Gasteiger partial charge < -0.3 is 10.2 Å². The summed E-state index contributed by atoms with van der Waals surface area (Å²) in [5.74, 6) is -0.0525. The van der Waals surface area contributed by atoms with Crippen molar-refractivity contribution in [1.29, 1.82) is 0 Å². The summed E-state index contributed by atoms with van der Waals surface area (Å²) in [6, 6.07) is 13.4. The summed E-state index contributed by atoms with van der Waals surface area (Å²) in [6.45, 7) is 4.55. The Morgan fingerprint density at radius 1 is 1.23 bits per heavy atom. The van der Waals surface area contributed by atoms with Crippen molar-refractivity contribution in [2.24, 2.45) is 0 Å². The second-order valence-electron chi connectivity index (χ2n) is 7.50. The number of amides is 1. The molecule has 2 aromatic rings. The van der Waals surface area contributed by atoms with Crippen molar-refractivity contribution in [2.45, 2.75) is 43.5 Å². The number of carbonyl (C=O) groups excluding carboxylic acids is 1. The average Bonchev–Trinajstić information content (AvgIpc) is 2.97. The molecule has 1 amide bonds. The zero-order valence-corrected chi connectivity index (χ0v) is 19.5. The SMILES string of the molecule is CCCCC1CNCCCN1C(=O)c1cccc(NS(=O)(=O)c2cccc(Br)c2)c1. The highest BCUT2D eigenvalue weighted by atomic mass is 79.9. The van der Waals surface area contributed by atoms with Crippen LogP contribution in [0.5, 0.6) is 0 Å². The lowest BCUT2D eigenvalue weighted by Crippen LogP contribution is -2.43. The zero-order valence-electron chi connectivity index (χ0n) is 17.1. The van der Waals surface area contributed by atoms with Crippen LogP contribution in [0.25, 0.3) is 0 Å². The van der Waals surface area contributed by atoms with Crippen molar-refractivity contribution in [3.63, 3.8) is 0 Å². The van der Waals surface area contributed by atoms with Gasteiger partial charge in [-0.05, 0) is 55.8 Å². The number of sulfonamides is 1. The molecule has 0 spiro atoms. The summed E-state index contributed by atoms with van der Waals surface area (Å²) in [4.78, 5) is 15.4. The minimum atomic E-state index is -3.75. The van der Waals surface area contributed by atoms with E-state index in [1.165, 1.54) is 6.07 Å². The zero-order chi connectivity index (χ0) is 21.6. The van der Waals surface area contributed by atoms with E-state index < -0.39 is 10.0 Å². The van der Waals surface area contributed by atoms with Crippen molar-refractivity contribution < 1.29 is 13.2 Å². The molecule has 8 heteroatoms. The standard InChI is InChI=1S/C22H28BrN3O3S/c1-2-3-10-20-16-24-12-6-13-26(20)22(27)17-7-4-9-19(14-17)25-30(28,29)21-11-5-8-18(23)15-21/h4-5,7-9,11,14-15,20,24-25H,2-3,6,10,12-13,16H2,1H3. The Balaban J connectivity index is 1.80. The van der Waals surface area contributed by atoms with Crippen molar-refractivity contribution in [3.05, 3.63) is 58.6 Å². The predicted molar refractivity (Wildman–Crippen MR) is 123 cm³/mol. The maximum Gasteiger partial charge on any atom is 0.261 e. The molecule has 1 heterocycles. The van der Waals surface area contributed by atoms with Crippen LogP contribution in [-0.2, 0) is 10.0 Å². The number of unbranched alkanes of at least 4 members (excludes halogenated alkanes) is 1. The van der Waals surface area contributed by atoms with Crippen molar-refractivity contribution in [1.82, 2.24) is 10.2 Å². The molecule has 0 bridgehead atoms. The van der Waals surface area contributed by atoms with Crippen molar-refractivity contribution in [2.75, 3.05) is 24.4 Å². The van der Waals surface area contributed by atoms with E-state index in [4.69, 9.17) is 0 Å². The maximum atomic E-state index is 13.3. The first kappa shape index (κ1) is 22.8. The Bertz CT molecular complexity index is 981. The van der Waals surface area contributed by atoms with Gasteiger partial charge in [-0.15, -0.1) is 0 Å². The lowest BCUT2D eigenvalue weighted by Gasteiger charge is -2.30. The molecule has 3 rings (SSSR count). The first-order valence-electron chi connectivity index (χ1n) is 10.3. The second kappa shape index (κ2) is 10.4. The van der Waals surface area contributed by atoms with Crippen LogP contribution in [0.4, 0.5) is 5.69 Å². The van der Waals surface area contributed by atoms with Crippen LogP contribution in [0.2, 0.25) is 0 Å². The van der Waals surface area contributed by atoms with Gasteiger partial charge in [0.15, 0.2) is 0 Å². The number of halogens is 1. The first-order valence-corrected chi connectivity index (χ1v) is 12.6. The van der Waals surface area contributed by atoms with Crippen LogP contribution in [0, 0.1) is 0 Å². The van der Waals surface area contributed by atoms with Crippen molar-refractivity contribution in [3.8, 4) is 0 Å². The Kier molecular flexibility index (Phi) is 7.91. The number of carbonyl (C=O) groups is 1. The molecule has 30 heavy (non-hydrogen) atoms. The van der Waals surface area contributed by atoms with Gasteiger partial charge >= 0.3 is 0 Å². The fourth-order valence-corrected chi connectivity index (χ4v) is 5.28. The summed E-state index contributed by atoms with van der Waals surface area (Å²) < 4.78 is 28.7. The number of nitrogens with zero attached hydrogens (tertiary/aromatic N) is 1. The van der Waals surface area contributed by atoms with Gasteiger partial charge in [-0.1, -0.05) is 47.8 Å². The van der Waals surface area contributed by atoms with Gasteiger partial charge in [-0.25, -0.2) is 8.42 Å². The molecule has 1 unspecified atom stereocenters. The molecular weight excluding hydrogens is 466 g/mol. The monoisotopic (exact) mass is 493 g/mol. The number of hydrogen-bond acceptors (Lipinski definition) is 4. The molecule has 2 aromatic carbocycles. The van der Waals surface area contributed by atoms with E-state index >= 15 is 0 Å². The van der Waals surface area contributed by atoms with Gasteiger partial charge in [0.25, 0.3) is 15.9 Å². The molecule has 0 radical (unpaired) electrons. The number of anilines is 1. The molecule has 0 aromatic heterocycles. The summed E-state index contributed by atoms with van der Waals surface area (Å²) in [7, 11) is -3.75. The summed E-state index contributed by atoms with van der Waals surface area (Å²) in [6.07, 6.45) is 4.03. The van der Waals surface area contributed by atoms with Gasteiger partial charge in [0.1, 0.15) is 0 Å². The second-order valence-corrected chi connectivity index (χ2v) is 10.1. The average molecular weight is 494 g/mol. The van der Waals surface area contributed by atoms with E-state index in [0.717, 1.165) is 38.8 Å². The van der Waals surface area contributed by atoms with Crippen LogP contribution in [0.1, 0.15) is 43.0 Å². The molecule has 1 aliphatic heterocycles. The first-order chi connectivity index (χ1) is 14.4. The third-order valence-corrected chi connectivity index (χ3v) is 7.07. The third-order valence-electron chi connectivity index (χ3n) is 5.19. The smallest absolute Gasteiger partial charge is 0.261 e. The largest absolute Gasteiger partial charge is 0.334 e. The molecule has 1 saturated heterocycles. The number of rotatable bonds is 7. The minimum absolute atomic E-state index is 0.0525. The Morgan fingerprint density at radius 3 is 2.80 bits per heavy atom. The highest BCUT2D eigenvalue weighted by Crippen LogP contribution is 2.22. The highest BCUT2D eigenvalue weighted by molar-refractivity contribution is 9.10. The Hall–Kier alpha value is -1.90. The van der Waals surface area contributed by atoms with Gasteiger partial charge in [0.05, 0.1) is 4.90 Å². The highest BCUT2D eigenvalue weighted by Gasteiger charge is 2.26. The van der Waals surface area contributed by atoms with Crippen LogP contribution in [0.3, 0.4) is 0 Å². The predicted octanol–water partition coefficient (Wildman–Crippen LogP) is 4.24. The normalized spacial score (nSPS) is 17.4. The van der Waals surface area contributed by atoms with Crippen LogP contribution < -0.4 is 10.0 Å². The molecule has 0 aliphatic carbocycles. The van der Waals surface area contributed by atoms with Gasteiger partial charge in [0, 0.05) is 34.9 Å². The minimum Gasteiger partial charge on any atom is -0.334 e. The van der Waals surface area contributed by atoms with E-state index in [0.29, 0.717) is 22.3 Å².